The minimum absolute atomic E-state index is 0.147. The Balaban J connectivity index is 1.83. The first-order chi connectivity index (χ1) is 9.44. The largest absolute Gasteiger partial charge is 0.486 e. The van der Waals surface area contributed by atoms with E-state index in [1.165, 1.54) is 0 Å². The van der Waals surface area contributed by atoms with Crippen LogP contribution in [0.5, 0.6) is 11.5 Å². The SMILES string of the molecule is O=C(CSC(F)(F)F)NCc1ccc2c(c1)OCCO2. The molecule has 0 aliphatic carbocycles. The zero-order valence-corrected chi connectivity index (χ0v) is 11.1. The Labute approximate surface area is 117 Å². The summed E-state index contributed by atoms with van der Waals surface area (Å²) in [5.41, 5.74) is -3.66. The van der Waals surface area contributed by atoms with Gasteiger partial charge in [-0.1, -0.05) is 6.07 Å². The molecule has 0 spiro atoms. The van der Waals surface area contributed by atoms with Crippen LogP contribution in [0.15, 0.2) is 18.2 Å². The summed E-state index contributed by atoms with van der Waals surface area (Å²) in [6, 6.07) is 5.14. The fourth-order valence-corrected chi connectivity index (χ4v) is 1.99. The zero-order valence-electron chi connectivity index (χ0n) is 10.3. The average molecular weight is 307 g/mol. The van der Waals surface area contributed by atoms with Crippen LogP contribution >= 0.6 is 11.8 Å². The fourth-order valence-electron chi connectivity index (χ4n) is 1.60. The number of benzene rings is 1. The topological polar surface area (TPSA) is 47.6 Å². The summed E-state index contributed by atoms with van der Waals surface area (Å²) in [5.74, 6) is -0.109. The van der Waals surface area contributed by atoms with Crippen molar-refractivity contribution in [1.82, 2.24) is 5.32 Å². The summed E-state index contributed by atoms with van der Waals surface area (Å²) >= 11 is -0.357. The maximum Gasteiger partial charge on any atom is 0.442 e. The highest BCUT2D eigenvalue weighted by molar-refractivity contribution is 8.00. The molecule has 1 aromatic carbocycles. The van der Waals surface area contributed by atoms with E-state index in [9.17, 15) is 18.0 Å². The molecule has 0 bridgehead atoms. The number of fused-ring (bicyclic) bond motifs is 1. The van der Waals surface area contributed by atoms with E-state index in [4.69, 9.17) is 9.47 Å². The second kappa shape index (κ2) is 6.25. The van der Waals surface area contributed by atoms with Crippen LogP contribution in [0.4, 0.5) is 13.2 Å². The minimum Gasteiger partial charge on any atom is -0.486 e. The third kappa shape index (κ3) is 4.52. The number of hydrogen-bond acceptors (Lipinski definition) is 4. The predicted octanol–water partition coefficient (Wildman–Crippen LogP) is 2.33. The molecule has 0 fully saturated rings. The van der Waals surface area contributed by atoms with Crippen molar-refractivity contribution in [2.45, 2.75) is 12.1 Å². The molecular formula is C12H12F3NO3S. The molecule has 1 aliphatic rings. The molecule has 8 heteroatoms. The Kier molecular flexibility index (Phi) is 4.64. The average Bonchev–Trinajstić information content (AvgIpc) is 2.42. The van der Waals surface area contributed by atoms with Gasteiger partial charge in [0.05, 0.1) is 5.75 Å². The second-order valence-corrected chi connectivity index (χ2v) is 5.03. The number of halogens is 3. The van der Waals surface area contributed by atoms with Gasteiger partial charge >= 0.3 is 5.51 Å². The predicted molar refractivity (Wildman–Crippen MR) is 67.8 cm³/mol. The number of carbonyl (C=O) groups is 1. The molecule has 0 radical (unpaired) electrons. The molecule has 20 heavy (non-hydrogen) atoms. The van der Waals surface area contributed by atoms with E-state index < -0.39 is 17.2 Å². The molecular weight excluding hydrogens is 295 g/mol. The summed E-state index contributed by atoms with van der Waals surface area (Å²) in [5, 5.41) is 2.42. The van der Waals surface area contributed by atoms with Crippen LogP contribution in [-0.2, 0) is 11.3 Å². The summed E-state index contributed by atoms with van der Waals surface area (Å²) in [6.45, 7) is 1.08. The van der Waals surface area contributed by atoms with Gasteiger partial charge in [-0.3, -0.25) is 4.79 Å². The molecule has 1 aromatic rings. The maximum atomic E-state index is 11.9. The molecule has 0 saturated carbocycles. The van der Waals surface area contributed by atoms with Gasteiger partial charge in [-0.25, -0.2) is 0 Å². The normalized spacial score (nSPS) is 13.9. The van der Waals surface area contributed by atoms with Crippen molar-refractivity contribution in [3.63, 3.8) is 0 Å². The summed E-state index contributed by atoms with van der Waals surface area (Å²) in [7, 11) is 0. The highest BCUT2D eigenvalue weighted by atomic mass is 32.2. The van der Waals surface area contributed by atoms with Gasteiger partial charge < -0.3 is 14.8 Å². The van der Waals surface area contributed by atoms with Crippen LogP contribution < -0.4 is 14.8 Å². The molecule has 2 rings (SSSR count). The Morgan fingerprint density at radius 3 is 2.65 bits per heavy atom. The Morgan fingerprint density at radius 2 is 1.95 bits per heavy atom. The van der Waals surface area contributed by atoms with Crippen molar-refractivity contribution in [3.8, 4) is 11.5 Å². The lowest BCUT2D eigenvalue weighted by Gasteiger charge is -2.19. The van der Waals surface area contributed by atoms with Gasteiger partial charge in [0.15, 0.2) is 11.5 Å². The lowest BCUT2D eigenvalue weighted by Crippen LogP contribution is -2.26. The van der Waals surface area contributed by atoms with Crippen LogP contribution in [0.2, 0.25) is 0 Å². The Hall–Kier alpha value is -1.57. The van der Waals surface area contributed by atoms with Crippen molar-refractivity contribution in [1.29, 1.82) is 0 Å². The molecule has 1 heterocycles. The maximum absolute atomic E-state index is 11.9. The first-order valence-corrected chi connectivity index (χ1v) is 6.78. The van der Waals surface area contributed by atoms with Crippen molar-refractivity contribution < 1.29 is 27.4 Å². The number of carbonyl (C=O) groups excluding carboxylic acids is 1. The summed E-state index contributed by atoms with van der Waals surface area (Å²) in [6.07, 6.45) is 0. The first kappa shape index (κ1) is 14.8. The molecule has 1 amide bonds. The van der Waals surface area contributed by atoms with E-state index in [1.807, 2.05) is 0 Å². The molecule has 0 atom stereocenters. The van der Waals surface area contributed by atoms with Gasteiger partial charge in [-0.05, 0) is 29.5 Å². The molecule has 0 aromatic heterocycles. The van der Waals surface area contributed by atoms with E-state index in [1.54, 1.807) is 18.2 Å². The molecule has 1 aliphatic heterocycles. The monoisotopic (exact) mass is 307 g/mol. The Morgan fingerprint density at radius 1 is 1.25 bits per heavy atom. The van der Waals surface area contributed by atoms with E-state index in [2.05, 4.69) is 5.32 Å². The van der Waals surface area contributed by atoms with E-state index in [0.717, 1.165) is 5.56 Å². The standard InChI is InChI=1S/C12H12F3NO3S/c13-12(14,15)20-7-11(17)16-6-8-1-2-9-10(5-8)19-4-3-18-9/h1-2,5H,3-4,6-7H2,(H,16,17). The van der Waals surface area contributed by atoms with Crippen LogP contribution in [0.1, 0.15) is 5.56 Å². The van der Waals surface area contributed by atoms with Crippen molar-refractivity contribution in [2.24, 2.45) is 0 Å². The lowest BCUT2D eigenvalue weighted by molar-refractivity contribution is -0.119. The number of alkyl halides is 3. The van der Waals surface area contributed by atoms with Crippen LogP contribution in [-0.4, -0.2) is 30.4 Å². The zero-order chi connectivity index (χ0) is 14.6. The fraction of sp³-hybridized carbons (Fsp3) is 0.417. The summed E-state index contributed by atoms with van der Waals surface area (Å²) < 4.78 is 46.5. The number of rotatable bonds is 4. The van der Waals surface area contributed by atoms with Crippen LogP contribution in [0, 0.1) is 0 Å². The molecule has 110 valence electrons. The van der Waals surface area contributed by atoms with Gasteiger partial charge in [0.2, 0.25) is 5.91 Å². The summed E-state index contributed by atoms with van der Waals surface area (Å²) in [4.78, 5) is 11.3. The van der Waals surface area contributed by atoms with Crippen molar-refractivity contribution in [3.05, 3.63) is 23.8 Å². The number of nitrogens with one attached hydrogen (secondary N) is 1. The number of hydrogen-bond donors (Lipinski definition) is 1. The smallest absolute Gasteiger partial charge is 0.442 e. The Bertz CT molecular complexity index is 493. The number of thioether (sulfide) groups is 1. The third-order valence-electron chi connectivity index (χ3n) is 2.46. The molecule has 4 nitrogen and oxygen atoms in total. The molecule has 0 saturated heterocycles. The highest BCUT2D eigenvalue weighted by Gasteiger charge is 2.29. The third-order valence-corrected chi connectivity index (χ3v) is 3.20. The van der Waals surface area contributed by atoms with Gasteiger partial charge in [-0.2, -0.15) is 13.2 Å². The second-order valence-electron chi connectivity index (χ2n) is 3.99. The minimum atomic E-state index is -4.39. The quantitative estimate of drug-likeness (QED) is 0.927. The van der Waals surface area contributed by atoms with Gasteiger partial charge in [0, 0.05) is 6.54 Å². The highest BCUT2D eigenvalue weighted by Crippen LogP contribution is 2.31. The van der Waals surface area contributed by atoms with Gasteiger partial charge in [0.25, 0.3) is 0 Å². The van der Waals surface area contributed by atoms with E-state index >= 15 is 0 Å². The lowest BCUT2D eigenvalue weighted by atomic mass is 10.2. The van der Waals surface area contributed by atoms with E-state index in [0.29, 0.717) is 24.7 Å². The van der Waals surface area contributed by atoms with Gasteiger partial charge in [-0.15, -0.1) is 0 Å². The number of ether oxygens (including phenoxy) is 2. The molecule has 0 unspecified atom stereocenters. The van der Waals surface area contributed by atoms with Gasteiger partial charge in [0.1, 0.15) is 13.2 Å². The van der Waals surface area contributed by atoms with Crippen LogP contribution in [0.25, 0.3) is 0 Å². The van der Waals surface area contributed by atoms with Crippen molar-refractivity contribution in [2.75, 3.05) is 19.0 Å². The van der Waals surface area contributed by atoms with Crippen molar-refractivity contribution >= 4 is 17.7 Å². The van der Waals surface area contributed by atoms with E-state index in [-0.39, 0.29) is 18.3 Å². The number of amides is 1. The first-order valence-electron chi connectivity index (χ1n) is 5.80. The van der Waals surface area contributed by atoms with Crippen LogP contribution in [0.3, 0.4) is 0 Å². The molecule has 1 N–H and O–H groups in total.